The Morgan fingerprint density at radius 3 is 2.05 bits per heavy atom. The van der Waals surface area contributed by atoms with E-state index in [9.17, 15) is 9.90 Å². The van der Waals surface area contributed by atoms with E-state index in [1.807, 2.05) is 43.3 Å². The van der Waals surface area contributed by atoms with Gasteiger partial charge in [-0.15, -0.1) is 0 Å². The fourth-order valence-electron chi connectivity index (χ4n) is 2.23. The van der Waals surface area contributed by atoms with Crippen molar-refractivity contribution < 1.29 is 14.6 Å². The minimum atomic E-state index is -1.29. The monoisotopic (exact) mass is 299 g/mol. The maximum Gasteiger partial charge on any atom is 0.340 e. The van der Waals surface area contributed by atoms with E-state index in [1.165, 1.54) is 0 Å². The van der Waals surface area contributed by atoms with E-state index in [4.69, 9.17) is 10.5 Å². The van der Waals surface area contributed by atoms with Gasteiger partial charge in [0.1, 0.15) is 6.10 Å². The minimum absolute atomic E-state index is 0.119. The van der Waals surface area contributed by atoms with Crippen molar-refractivity contribution in [3.05, 3.63) is 71.8 Å². The first kappa shape index (κ1) is 16.2. The van der Waals surface area contributed by atoms with Crippen LogP contribution in [0.15, 0.2) is 60.7 Å². The summed E-state index contributed by atoms with van der Waals surface area (Å²) in [5.74, 6) is -0.666. The van der Waals surface area contributed by atoms with Gasteiger partial charge in [-0.1, -0.05) is 60.7 Å². The number of carbonyl (C=O) groups excluding carboxylic acids is 1. The molecule has 3 unspecified atom stereocenters. The number of aliphatic hydroxyl groups is 1. The number of esters is 1. The topological polar surface area (TPSA) is 72.5 Å². The lowest BCUT2D eigenvalue weighted by atomic mass is 10.0. The fraction of sp³-hybridized carbons (Fsp3) is 0.278. The van der Waals surface area contributed by atoms with Crippen LogP contribution < -0.4 is 5.73 Å². The minimum Gasteiger partial charge on any atom is -0.455 e. The Morgan fingerprint density at radius 1 is 1.05 bits per heavy atom. The molecule has 0 saturated heterocycles. The SMILES string of the molecule is CC(N)CC(OC(=O)C(O)c1ccccc1)c1ccccc1. The van der Waals surface area contributed by atoms with Crippen molar-refractivity contribution in [1.29, 1.82) is 0 Å². The first-order valence-electron chi connectivity index (χ1n) is 7.32. The third-order valence-electron chi connectivity index (χ3n) is 3.35. The molecule has 0 fully saturated rings. The van der Waals surface area contributed by atoms with Crippen LogP contribution in [0.3, 0.4) is 0 Å². The Hall–Kier alpha value is -2.17. The van der Waals surface area contributed by atoms with Crippen LogP contribution in [-0.4, -0.2) is 17.1 Å². The Labute approximate surface area is 130 Å². The van der Waals surface area contributed by atoms with Gasteiger partial charge in [-0.25, -0.2) is 4.79 Å². The molecule has 0 aliphatic heterocycles. The van der Waals surface area contributed by atoms with Crippen LogP contribution in [0, 0.1) is 0 Å². The second-order valence-corrected chi connectivity index (χ2v) is 5.36. The Bertz CT molecular complexity index is 584. The van der Waals surface area contributed by atoms with Gasteiger partial charge in [-0.05, 0) is 18.1 Å². The van der Waals surface area contributed by atoms with Gasteiger partial charge in [0, 0.05) is 12.5 Å². The van der Waals surface area contributed by atoms with Crippen molar-refractivity contribution in [3.63, 3.8) is 0 Å². The lowest BCUT2D eigenvalue weighted by molar-refractivity contribution is -0.160. The molecule has 0 aliphatic rings. The predicted molar refractivity (Wildman–Crippen MR) is 84.9 cm³/mol. The molecule has 0 radical (unpaired) electrons. The van der Waals surface area contributed by atoms with E-state index in [-0.39, 0.29) is 6.04 Å². The lowest BCUT2D eigenvalue weighted by Gasteiger charge is -2.22. The maximum absolute atomic E-state index is 12.2. The van der Waals surface area contributed by atoms with Gasteiger partial charge in [-0.2, -0.15) is 0 Å². The van der Waals surface area contributed by atoms with Crippen molar-refractivity contribution in [1.82, 2.24) is 0 Å². The van der Waals surface area contributed by atoms with Crippen LogP contribution in [0.5, 0.6) is 0 Å². The summed E-state index contributed by atoms with van der Waals surface area (Å²) in [6.45, 7) is 1.86. The summed E-state index contributed by atoms with van der Waals surface area (Å²) >= 11 is 0. The molecule has 0 saturated carbocycles. The number of hydrogen-bond acceptors (Lipinski definition) is 4. The predicted octanol–water partition coefficient (Wildman–Crippen LogP) is 2.74. The molecule has 4 heteroatoms. The average Bonchev–Trinajstić information content (AvgIpc) is 2.54. The highest BCUT2D eigenvalue weighted by Crippen LogP contribution is 2.25. The number of benzene rings is 2. The summed E-state index contributed by atoms with van der Waals surface area (Å²) < 4.78 is 5.49. The molecule has 2 rings (SSSR count). The summed E-state index contributed by atoms with van der Waals surface area (Å²) in [5, 5.41) is 10.1. The van der Waals surface area contributed by atoms with E-state index in [0.29, 0.717) is 12.0 Å². The molecule has 22 heavy (non-hydrogen) atoms. The van der Waals surface area contributed by atoms with E-state index < -0.39 is 18.2 Å². The molecule has 0 spiro atoms. The van der Waals surface area contributed by atoms with Crippen molar-refractivity contribution in [2.24, 2.45) is 5.73 Å². The van der Waals surface area contributed by atoms with Crippen LogP contribution in [0.2, 0.25) is 0 Å². The normalized spacial score (nSPS) is 14.9. The number of aliphatic hydroxyl groups excluding tert-OH is 1. The molecule has 2 aromatic carbocycles. The van der Waals surface area contributed by atoms with Crippen LogP contribution in [0.1, 0.15) is 36.7 Å². The number of hydrogen-bond donors (Lipinski definition) is 2. The van der Waals surface area contributed by atoms with E-state index >= 15 is 0 Å². The first-order valence-corrected chi connectivity index (χ1v) is 7.32. The number of nitrogens with two attached hydrogens (primary N) is 1. The molecule has 3 N–H and O–H groups in total. The van der Waals surface area contributed by atoms with Gasteiger partial charge in [0.15, 0.2) is 6.10 Å². The van der Waals surface area contributed by atoms with Gasteiger partial charge < -0.3 is 15.6 Å². The van der Waals surface area contributed by atoms with Crippen LogP contribution in [0.4, 0.5) is 0 Å². The highest BCUT2D eigenvalue weighted by molar-refractivity contribution is 5.76. The number of ether oxygens (including phenoxy) is 1. The van der Waals surface area contributed by atoms with Gasteiger partial charge in [0.2, 0.25) is 0 Å². The quantitative estimate of drug-likeness (QED) is 0.804. The molecule has 3 atom stereocenters. The molecule has 4 nitrogen and oxygen atoms in total. The Kier molecular flexibility index (Phi) is 5.69. The third-order valence-corrected chi connectivity index (χ3v) is 3.35. The molecular formula is C18H21NO3. The van der Waals surface area contributed by atoms with E-state index in [0.717, 1.165) is 5.56 Å². The van der Waals surface area contributed by atoms with Crippen LogP contribution >= 0.6 is 0 Å². The summed E-state index contributed by atoms with van der Waals surface area (Å²) in [6.07, 6.45) is -1.26. The van der Waals surface area contributed by atoms with Crippen molar-refractivity contribution in [3.8, 4) is 0 Å². The Morgan fingerprint density at radius 2 is 1.55 bits per heavy atom. The highest BCUT2D eigenvalue weighted by atomic mass is 16.6. The molecule has 2 aromatic rings. The zero-order chi connectivity index (χ0) is 15.9. The number of carbonyl (C=O) groups is 1. The highest BCUT2D eigenvalue weighted by Gasteiger charge is 2.24. The summed E-state index contributed by atoms with van der Waals surface area (Å²) in [7, 11) is 0. The molecule has 0 bridgehead atoms. The zero-order valence-corrected chi connectivity index (χ0v) is 12.6. The zero-order valence-electron chi connectivity index (χ0n) is 12.6. The van der Waals surface area contributed by atoms with Gasteiger partial charge in [-0.3, -0.25) is 0 Å². The van der Waals surface area contributed by atoms with Crippen molar-refractivity contribution in [2.75, 3.05) is 0 Å². The van der Waals surface area contributed by atoms with E-state index in [2.05, 4.69) is 0 Å². The van der Waals surface area contributed by atoms with Gasteiger partial charge in [0.25, 0.3) is 0 Å². The average molecular weight is 299 g/mol. The van der Waals surface area contributed by atoms with Crippen LogP contribution in [-0.2, 0) is 9.53 Å². The summed E-state index contributed by atoms with van der Waals surface area (Å²) in [6, 6.07) is 18.0. The summed E-state index contributed by atoms with van der Waals surface area (Å²) in [5.41, 5.74) is 7.22. The molecule has 0 amide bonds. The van der Waals surface area contributed by atoms with Gasteiger partial charge >= 0.3 is 5.97 Å². The lowest BCUT2D eigenvalue weighted by Crippen LogP contribution is -2.24. The van der Waals surface area contributed by atoms with Gasteiger partial charge in [0.05, 0.1) is 0 Å². The first-order chi connectivity index (χ1) is 10.6. The molecule has 116 valence electrons. The maximum atomic E-state index is 12.2. The smallest absolute Gasteiger partial charge is 0.340 e. The number of rotatable bonds is 6. The van der Waals surface area contributed by atoms with Crippen LogP contribution in [0.25, 0.3) is 0 Å². The Balaban J connectivity index is 2.11. The second kappa shape index (κ2) is 7.73. The standard InChI is InChI=1S/C18H21NO3/c1-13(19)12-16(14-8-4-2-5-9-14)22-18(21)17(20)15-10-6-3-7-11-15/h2-11,13,16-17,20H,12,19H2,1H3. The fourth-order valence-corrected chi connectivity index (χ4v) is 2.23. The van der Waals surface area contributed by atoms with Crippen molar-refractivity contribution >= 4 is 5.97 Å². The molecular weight excluding hydrogens is 278 g/mol. The molecule has 0 aliphatic carbocycles. The molecule has 0 heterocycles. The second-order valence-electron chi connectivity index (χ2n) is 5.36. The summed E-state index contributed by atoms with van der Waals surface area (Å²) in [4.78, 5) is 12.2. The third kappa shape index (κ3) is 4.41. The largest absolute Gasteiger partial charge is 0.455 e. The molecule has 0 aromatic heterocycles. The van der Waals surface area contributed by atoms with E-state index in [1.54, 1.807) is 24.3 Å². The van der Waals surface area contributed by atoms with Crippen molar-refractivity contribution in [2.45, 2.75) is 31.6 Å².